The van der Waals surface area contributed by atoms with Gasteiger partial charge in [-0.1, -0.05) is 6.07 Å². The molecule has 1 unspecified atom stereocenters. The predicted molar refractivity (Wildman–Crippen MR) is 90.4 cm³/mol. The summed E-state index contributed by atoms with van der Waals surface area (Å²) >= 11 is 1.22. The third-order valence-corrected chi connectivity index (χ3v) is 4.50. The molecule has 120 valence electrons. The smallest absolute Gasteiger partial charge is 0.266 e. The minimum absolute atomic E-state index is 0.103. The van der Waals surface area contributed by atoms with Crippen LogP contribution in [0.1, 0.15) is 22.2 Å². The Kier molecular flexibility index (Phi) is 4.14. The summed E-state index contributed by atoms with van der Waals surface area (Å²) in [6.45, 7) is 4.21. The quantitative estimate of drug-likeness (QED) is 0.793. The summed E-state index contributed by atoms with van der Waals surface area (Å²) in [7, 11) is 1.58. The second-order valence-corrected chi connectivity index (χ2v) is 6.54. The molecular formula is C16H17N3O3S. The number of nitrogens with one attached hydrogen (secondary N) is 1. The lowest BCUT2D eigenvalue weighted by molar-refractivity contribution is 0.0909. The maximum absolute atomic E-state index is 12.6. The zero-order valence-corrected chi connectivity index (χ0v) is 13.9. The van der Waals surface area contributed by atoms with Gasteiger partial charge in [0, 0.05) is 19.3 Å². The lowest BCUT2D eigenvalue weighted by atomic mass is 10.3. The first-order valence-corrected chi connectivity index (χ1v) is 8.03. The Labute approximate surface area is 136 Å². The van der Waals surface area contributed by atoms with Gasteiger partial charge < -0.3 is 10.1 Å². The largest absolute Gasteiger partial charge is 0.383 e. The minimum atomic E-state index is -0.220. The fourth-order valence-electron chi connectivity index (χ4n) is 2.40. The topological polar surface area (TPSA) is 72.7 Å². The normalized spacial score (nSPS) is 12.7. The molecule has 0 fully saturated rings. The number of aromatic nitrogens is 2. The molecule has 0 aliphatic carbocycles. The minimum Gasteiger partial charge on any atom is -0.383 e. The number of pyridine rings is 1. The average Bonchev–Trinajstić information content (AvgIpc) is 2.93. The fourth-order valence-corrected chi connectivity index (χ4v) is 3.33. The van der Waals surface area contributed by atoms with E-state index < -0.39 is 0 Å². The fraction of sp³-hybridized carbons (Fsp3) is 0.312. The van der Waals surface area contributed by atoms with Crippen molar-refractivity contribution in [2.24, 2.45) is 0 Å². The highest BCUT2D eigenvalue weighted by molar-refractivity contribution is 7.20. The Morgan fingerprint density at radius 2 is 2.26 bits per heavy atom. The van der Waals surface area contributed by atoms with Gasteiger partial charge in [0.15, 0.2) is 0 Å². The molecule has 3 aromatic heterocycles. The zero-order chi connectivity index (χ0) is 16.6. The van der Waals surface area contributed by atoms with E-state index in [2.05, 4.69) is 10.3 Å². The van der Waals surface area contributed by atoms with Crippen LogP contribution in [-0.2, 0) is 4.74 Å². The van der Waals surface area contributed by atoms with Crippen molar-refractivity contribution in [1.82, 2.24) is 14.7 Å². The molecule has 3 rings (SSSR count). The number of fused-ring (bicyclic) bond motifs is 2. The number of nitrogens with zero attached hydrogens (tertiary/aromatic N) is 2. The van der Waals surface area contributed by atoms with Gasteiger partial charge in [0.2, 0.25) is 0 Å². The first-order valence-electron chi connectivity index (χ1n) is 7.22. The van der Waals surface area contributed by atoms with E-state index in [9.17, 15) is 9.59 Å². The Bertz CT molecular complexity index is 945. The highest BCUT2D eigenvalue weighted by Crippen LogP contribution is 2.22. The average molecular weight is 331 g/mol. The molecule has 0 spiro atoms. The molecule has 7 heteroatoms. The Morgan fingerprint density at radius 1 is 1.48 bits per heavy atom. The van der Waals surface area contributed by atoms with Crippen LogP contribution in [0.15, 0.2) is 29.2 Å². The number of carbonyl (C=O) groups is 1. The first kappa shape index (κ1) is 15.6. The van der Waals surface area contributed by atoms with E-state index in [1.807, 2.05) is 19.9 Å². The molecule has 0 radical (unpaired) electrons. The number of methoxy groups -OCH3 is 1. The van der Waals surface area contributed by atoms with E-state index in [0.29, 0.717) is 27.3 Å². The first-order chi connectivity index (χ1) is 11.0. The number of carbonyl (C=O) groups excluding carboxylic acids is 1. The van der Waals surface area contributed by atoms with Crippen molar-refractivity contribution < 1.29 is 9.53 Å². The SMILES string of the molecule is COCC(C)NC(=O)c1cc2c(=O)n3cc(C)ccc3nc2s1. The Morgan fingerprint density at radius 3 is 3.00 bits per heavy atom. The van der Waals surface area contributed by atoms with Crippen molar-refractivity contribution in [2.45, 2.75) is 19.9 Å². The van der Waals surface area contributed by atoms with Gasteiger partial charge >= 0.3 is 0 Å². The lowest BCUT2D eigenvalue weighted by Gasteiger charge is -2.11. The van der Waals surface area contributed by atoms with Crippen molar-refractivity contribution in [2.75, 3.05) is 13.7 Å². The van der Waals surface area contributed by atoms with Crippen LogP contribution >= 0.6 is 11.3 Å². The van der Waals surface area contributed by atoms with Crippen LogP contribution in [0, 0.1) is 6.92 Å². The van der Waals surface area contributed by atoms with Crippen LogP contribution in [0.5, 0.6) is 0 Å². The van der Waals surface area contributed by atoms with Crippen molar-refractivity contribution in [3.05, 3.63) is 45.2 Å². The Hall–Kier alpha value is -2.25. The lowest BCUT2D eigenvalue weighted by Crippen LogP contribution is -2.35. The van der Waals surface area contributed by atoms with Gasteiger partial charge in [0.1, 0.15) is 10.5 Å². The summed E-state index contributed by atoms with van der Waals surface area (Å²) in [5.41, 5.74) is 1.39. The Balaban J connectivity index is 2.05. The van der Waals surface area contributed by atoms with E-state index in [4.69, 9.17) is 4.74 Å². The van der Waals surface area contributed by atoms with Gasteiger partial charge in [-0.3, -0.25) is 14.0 Å². The second-order valence-electron chi connectivity index (χ2n) is 5.51. The number of ether oxygens (including phenoxy) is 1. The van der Waals surface area contributed by atoms with Crippen molar-refractivity contribution >= 4 is 33.1 Å². The number of thiophene rings is 1. The number of aryl methyl sites for hydroxylation is 1. The monoisotopic (exact) mass is 331 g/mol. The van der Waals surface area contributed by atoms with Crippen LogP contribution in [0.3, 0.4) is 0 Å². The molecule has 23 heavy (non-hydrogen) atoms. The van der Waals surface area contributed by atoms with Crippen LogP contribution in [0.4, 0.5) is 0 Å². The van der Waals surface area contributed by atoms with E-state index in [0.717, 1.165) is 5.56 Å². The summed E-state index contributed by atoms with van der Waals surface area (Å²) in [6, 6.07) is 5.21. The maximum atomic E-state index is 12.6. The summed E-state index contributed by atoms with van der Waals surface area (Å²) in [6.07, 6.45) is 1.75. The molecule has 0 saturated heterocycles. The third kappa shape index (κ3) is 2.97. The summed E-state index contributed by atoms with van der Waals surface area (Å²) < 4.78 is 6.52. The van der Waals surface area contributed by atoms with Crippen molar-refractivity contribution in [1.29, 1.82) is 0 Å². The van der Waals surface area contributed by atoms with Gasteiger partial charge in [0.25, 0.3) is 11.5 Å². The van der Waals surface area contributed by atoms with E-state index >= 15 is 0 Å². The summed E-state index contributed by atoms with van der Waals surface area (Å²) in [4.78, 5) is 30.4. The number of hydrogen-bond acceptors (Lipinski definition) is 5. The molecule has 3 heterocycles. The predicted octanol–water partition coefficient (Wildman–Crippen LogP) is 1.98. The zero-order valence-electron chi connectivity index (χ0n) is 13.1. The molecule has 1 atom stereocenters. The summed E-state index contributed by atoms with van der Waals surface area (Å²) in [5, 5.41) is 3.30. The third-order valence-electron chi connectivity index (χ3n) is 3.47. The van der Waals surface area contributed by atoms with Gasteiger partial charge in [0.05, 0.1) is 16.9 Å². The molecule has 1 amide bonds. The highest BCUT2D eigenvalue weighted by atomic mass is 32.1. The van der Waals surface area contributed by atoms with E-state index in [1.165, 1.54) is 15.7 Å². The standard InChI is InChI=1S/C16H17N3O3S/c1-9-4-5-13-18-15-11(16(21)19(13)7-9)6-12(23-15)14(20)17-10(2)8-22-3/h4-7,10H,8H2,1-3H3,(H,17,20). The maximum Gasteiger partial charge on any atom is 0.266 e. The highest BCUT2D eigenvalue weighted by Gasteiger charge is 2.16. The van der Waals surface area contributed by atoms with Gasteiger partial charge in [-0.05, 0) is 31.5 Å². The molecule has 6 nitrogen and oxygen atoms in total. The molecule has 0 aromatic carbocycles. The van der Waals surface area contributed by atoms with Crippen LogP contribution in [0.2, 0.25) is 0 Å². The van der Waals surface area contributed by atoms with Gasteiger partial charge in [-0.2, -0.15) is 0 Å². The molecule has 1 N–H and O–H groups in total. The number of rotatable bonds is 4. The number of hydrogen-bond donors (Lipinski definition) is 1. The van der Waals surface area contributed by atoms with Crippen molar-refractivity contribution in [3.63, 3.8) is 0 Å². The van der Waals surface area contributed by atoms with E-state index in [1.54, 1.807) is 25.4 Å². The van der Waals surface area contributed by atoms with E-state index in [-0.39, 0.29) is 17.5 Å². The molecular weight excluding hydrogens is 314 g/mol. The summed E-state index contributed by atoms with van der Waals surface area (Å²) in [5.74, 6) is -0.220. The molecule has 0 bridgehead atoms. The molecule has 0 aliphatic rings. The van der Waals surface area contributed by atoms with Gasteiger partial charge in [-0.15, -0.1) is 11.3 Å². The van der Waals surface area contributed by atoms with Crippen LogP contribution in [-0.4, -0.2) is 35.1 Å². The second kappa shape index (κ2) is 6.10. The number of amides is 1. The molecule has 0 aliphatic heterocycles. The molecule has 0 saturated carbocycles. The van der Waals surface area contributed by atoms with Gasteiger partial charge in [-0.25, -0.2) is 4.98 Å². The van der Waals surface area contributed by atoms with Crippen molar-refractivity contribution in [3.8, 4) is 0 Å². The van der Waals surface area contributed by atoms with Crippen LogP contribution < -0.4 is 10.9 Å². The molecule has 3 aromatic rings. The van der Waals surface area contributed by atoms with Crippen LogP contribution in [0.25, 0.3) is 15.9 Å².